The molecule has 4 heterocycles. The first-order chi connectivity index (χ1) is 30.1. The lowest BCUT2D eigenvalue weighted by molar-refractivity contribution is -0.135. The molecule has 0 unspecified atom stereocenters. The Hall–Kier alpha value is -7.10. The molecule has 2 aliphatic rings. The topological polar surface area (TPSA) is 175 Å². The minimum absolute atomic E-state index is 0.228. The quantitative estimate of drug-likeness (QED) is 0.0957. The van der Waals surface area contributed by atoms with E-state index in [2.05, 4.69) is 66.7 Å². The van der Waals surface area contributed by atoms with Crippen LogP contribution < -0.4 is 10.6 Å². The summed E-state index contributed by atoms with van der Waals surface area (Å²) < 4.78 is 36.1. The van der Waals surface area contributed by atoms with E-state index in [0.29, 0.717) is 43.1 Å². The number of halogens is 2. The van der Waals surface area contributed by atoms with Crippen LogP contribution in [0.3, 0.4) is 0 Å². The van der Waals surface area contributed by atoms with E-state index in [1.165, 1.54) is 12.0 Å². The van der Waals surface area contributed by atoms with E-state index in [-0.39, 0.29) is 11.9 Å². The van der Waals surface area contributed by atoms with Crippen LogP contribution in [0.2, 0.25) is 0 Å². The Morgan fingerprint density at radius 3 is 1.79 bits per heavy atom. The van der Waals surface area contributed by atoms with Crippen LogP contribution in [0.4, 0.5) is 18.4 Å². The highest BCUT2D eigenvalue weighted by Gasteiger charge is 2.39. The number of ether oxygens (including phenoxy) is 2. The summed E-state index contributed by atoms with van der Waals surface area (Å²) >= 11 is 0. The number of methoxy groups -OCH3 is 2. The van der Waals surface area contributed by atoms with Crippen LogP contribution in [0, 0.1) is 0 Å². The van der Waals surface area contributed by atoms with Crippen LogP contribution in [-0.4, -0.2) is 93.5 Å². The van der Waals surface area contributed by atoms with Crippen molar-refractivity contribution in [3.63, 3.8) is 0 Å². The Morgan fingerprint density at radius 2 is 1.19 bits per heavy atom. The largest absolute Gasteiger partial charge is 0.453 e. The molecule has 0 aliphatic carbocycles. The number of carbonyl (C=O) groups excluding carboxylic acids is 4. The first-order valence-electron chi connectivity index (χ1n) is 20.5. The molecular weight excluding hydrogens is 799 g/mol. The Bertz CT molecular complexity index is 2560. The molecule has 4 N–H and O–H groups in total. The Balaban J connectivity index is 0.940. The number of alkyl halides is 2. The number of H-pyrrole nitrogens is 2. The fraction of sp³-hybridized carbons (Fsp3) is 0.304. The van der Waals surface area contributed by atoms with Crippen molar-refractivity contribution in [3.8, 4) is 33.6 Å². The summed E-state index contributed by atoms with van der Waals surface area (Å²) in [4.78, 5) is 70.6. The maximum Gasteiger partial charge on any atom is 0.407 e. The molecule has 8 rings (SSSR count). The van der Waals surface area contributed by atoms with Gasteiger partial charge in [0.25, 0.3) is 5.91 Å². The zero-order valence-electron chi connectivity index (χ0n) is 34.1. The lowest BCUT2D eigenvalue weighted by Gasteiger charge is -2.28. The number of nitrogens with zero attached hydrogens (tertiary/aromatic N) is 4. The fourth-order valence-electron chi connectivity index (χ4n) is 8.45. The molecular formula is C46H46F2N8O6. The van der Waals surface area contributed by atoms with Gasteiger partial charge in [0.15, 0.2) is 0 Å². The number of nitrogens with one attached hydrogen (secondary N) is 4. The smallest absolute Gasteiger partial charge is 0.407 e. The van der Waals surface area contributed by atoms with Gasteiger partial charge in [-0.05, 0) is 70.8 Å². The maximum absolute atomic E-state index is 13.9. The van der Waals surface area contributed by atoms with Gasteiger partial charge in [-0.25, -0.2) is 28.3 Å². The third kappa shape index (κ3) is 8.85. The number of aromatic nitrogens is 4. The van der Waals surface area contributed by atoms with E-state index in [4.69, 9.17) is 9.72 Å². The summed E-state index contributed by atoms with van der Waals surface area (Å²) in [7, 11) is 2.38. The molecule has 0 bridgehead atoms. The number of hydrogen-bond donors (Lipinski definition) is 4. The molecule has 4 atom stereocenters. The molecule has 0 saturated carbocycles. The summed E-state index contributed by atoms with van der Waals surface area (Å²) in [5.74, 6) is 0.395. The normalized spacial score (nSPS) is 17.2. The first kappa shape index (κ1) is 41.6. The molecule has 0 radical (unpaired) electrons. The maximum atomic E-state index is 13.9. The minimum atomic E-state index is -2.79. The minimum Gasteiger partial charge on any atom is -0.453 e. The molecule has 0 spiro atoms. The number of alkyl carbamates (subject to hydrolysis) is 2. The van der Waals surface area contributed by atoms with E-state index in [1.807, 2.05) is 42.5 Å². The van der Waals surface area contributed by atoms with Gasteiger partial charge in [0.05, 0.1) is 50.1 Å². The molecule has 2 aliphatic heterocycles. The molecule has 62 heavy (non-hydrogen) atoms. The fourth-order valence-corrected chi connectivity index (χ4v) is 8.45. The number of benzene rings is 4. The molecule has 320 valence electrons. The molecule has 16 heteroatoms. The number of likely N-dealkylation sites (tertiary alicyclic amines) is 2. The summed E-state index contributed by atoms with van der Waals surface area (Å²) in [5, 5.41) is 7.01. The van der Waals surface area contributed by atoms with Gasteiger partial charge < -0.3 is 39.9 Å². The van der Waals surface area contributed by atoms with E-state index in [0.717, 1.165) is 64.4 Å². The van der Waals surface area contributed by atoms with Crippen molar-refractivity contribution in [2.45, 2.75) is 62.7 Å². The molecule has 4 aromatic carbocycles. The first-order valence-corrected chi connectivity index (χ1v) is 20.5. The summed E-state index contributed by atoms with van der Waals surface area (Å²) in [6.07, 6.45) is 1.04. The van der Waals surface area contributed by atoms with Crippen LogP contribution >= 0.6 is 0 Å². The number of aromatic amines is 2. The van der Waals surface area contributed by atoms with Crippen LogP contribution in [0.1, 0.15) is 67.4 Å². The van der Waals surface area contributed by atoms with E-state index in [1.54, 1.807) is 29.4 Å². The summed E-state index contributed by atoms with van der Waals surface area (Å²) in [6.45, 7) is 0.890. The zero-order chi connectivity index (χ0) is 43.3. The number of carbonyl (C=O) groups is 4. The molecule has 2 saturated heterocycles. The third-order valence-electron chi connectivity index (χ3n) is 11.6. The van der Waals surface area contributed by atoms with Crippen molar-refractivity contribution >= 4 is 34.8 Å². The SMILES string of the molecule is COC(=O)N[C@@H](CC(F)F)C(=O)N1CCC[C@H]1c1ncc(-c2ccc3cc(-c4ccc(-c5cnc([C@@H]6CCCN6C(=O)[C@H](NC(=O)OC)c6ccccc6)[nH]5)cc4)ccc3c2)[nH]1. The van der Waals surface area contributed by atoms with Crippen LogP contribution in [0.15, 0.2) is 103 Å². The standard InChI is InChI=1S/C46H46F2N8O6/c1-61-45(59)53-34(24-39(47)48)43(57)55-20-6-10-37(55)41-50-26-36(52-41)33-19-18-31-22-30(16-17-32(31)23-33)27-12-14-28(15-13-27)35-25-49-42(51-35)38-11-7-21-56(38)44(58)40(54-46(60)62-2)29-8-4-3-5-9-29/h3-5,8-9,12-19,22-23,25-26,34,37-40H,6-7,10-11,20-21,24H2,1-2H3,(H,49,51)(H,50,52)(H,53,59)(H,54,60)/t34-,37-,38-,40+/m0/s1. The van der Waals surface area contributed by atoms with Gasteiger partial charge >= 0.3 is 12.2 Å². The van der Waals surface area contributed by atoms with E-state index in [9.17, 15) is 28.0 Å². The van der Waals surface area contributed by atoms with Gasteiger partial charge in [0, 0.05) is 25.1 Å². The second-order valence-electron chi connectivity index (χ2n) is 15.4. The monoisotopic (exact) mass is 844 g/mol. The van der Waals surface area contributed by atoms with Crippen molar-refractivity contribution in [2.24, 2.45) is 0 Å². The summed E-state index contributed by atoms with van der Waals surface area (Å²) in [5.41, 5.74) is 6.15. The van der Waals surface area contributed by atoms with Gasteiger partial charge in [-0.2, -0.15) is 0 Å². The number of fused-ring (bicyclic) bond motifs is 1. The Labute approximate surface area is 356 Å². The highest BCUT2D eigenvalue weighted by Crippen LogP contribution is 2.36. The van der Waals surface area contributed by atoms with Gasteiger partial charge in [-0.1, -0.05) is 78.9 Å². The lowest BCUT2D eigenvalue weighted by Crippen LogP contribution is -2.49. The number of imidazole rings is 2. The number of hydrogen-bond acceptors (Lipinski definition) is 8. The molecule has 4 amide bonds. The van der Waals surface area contributed by atoms with Crippen molar-refractivity contribution in [2.75, 3.05) is 27.3 Å². The highest BCUT2D eigenvalue weighted by molar-refractivity contribution is 5.91. The lowest BCUT2D eigenvalue weighted by atomic mass is 9.98. The van der Waals surface area contributed by atoms with Crippen LogP contribution in [0.25, 0.3) is 44.4 Å². The van der Waals surface area contributed by atoms with Crippen molar-refractivity contribution < 1.29 is 37.4 Å². The van der Waals surface area contributed by atoms with Crippen molar-refractivity contribution in [1.82, 2.24) is 40.4 Å². The number of amides is 4. The predicted octanol–water partition coefficient (Wildman–Crippen LogP) is 8.09. The van der Waals surface area contributed by atoms with Crippen LogP contribution in [-0.2, 0) is 19.1 Å². The van der Waals surface area contributed by atoms with Gasteiger partial charge in [0.2, 0.25) is 12.3 Å². The average molecular weight is 845 g/mol. The van der Waals surface area contributed by atoms with Gasteiger partial charge in [-0.15, -0.1) is 0 Å². The van der Waals surface area contributed by atoms with Crippen molar-refractivity contribution in [3.05, 3.63) is 121 Å². The third-order valence-corrected chi connectivity index (χ3v) is 11.6. The zero-order valence-corrected chi connectivity index (χ0v) is 34.1. The predicted molar refractivity (Wildman–Crippen MR) is 227 cm³/mol. The second kappa shape index (κ2) is 18.3. The second-order valence-corrected chi connectivity index (χ2v) is 15.4. The Kier molecular flexibility index (Phi) is 12.3. The van der Waals surface area contributed by atoms with E-state index >= 15 is 0 Å². The van der Waals surface area contributed by atoms with Gasteiger partial charge in [-0.3, -0.25) is 9.59 Å². The van der Waals surface area contributed by atoms with Crippen molar-refractivity contribution in [1.29, 1.82) is 0 Å². The molecule has 14 nitrogen and oxygen atoms in total. The van der Waals surface area contributed by atoms with Crippen LogP contribution in [0.5, 0.6) is 0 Å². The van der Waals surface area contributed by atoms with Gasteiger partial charge in [0.1, 0.15) is 23.7 Å². The average Bonchev–Trinajstić information content (AvgIpc) is 4.15. The highest BCUT2D eigenvalue weighted by atomic mass is 19.3. The molecule has 2 fully saturated rings. The Morgan fingerprint density at radius 1 is 0.677 bits per heavy atom. The molecule has 2 aromatic heterocycles. The molecule has 6 aromatic rings. The summed E-state index contributed by atoms with van der Waals surface area (Å²) in [6, 6.07) is 26.6. The number of rotatable bonds is 12. The van der Waals surface area contributed by atoms with E-state index < -0.39 is 49.1 Å².